The van der Waals surface area contributed by atoms with Crippen LogP contribution in [0.25, 0.3) is 0 Å². The molecule has 1 aliphatic heterocycles. The first-order valence-corrected chi connectivity index (χ1v) is 7.54. The lowest BCUT2D eigenvalue weighted by Gasteiger charge is -2.14. The fraction of sp³-hybridized carbons (Fsp3) is 0.533. The van der Waals surface area contributed by atoms with Crippen molar-refractivity contribution in [3.63, 3.8) is 0 Å². The summed E-state index contributed by atoms with van der Waals surface area (Å²) in [7, 11) is 0. The van der Waals surface area contributed by atoms with Crippen LogP contribution in [0.1, 0.15) is 25.3 Å². The molecule has 1 saturated heterocycles. The maximum absolute atomic E-state index is 5.97. The Morgan fingerprint density at radius 1 is 1.43 bits per heavy atom. The molecule has 21 heavy (non-hydrogen) atoms. The molecular formula is C15H23ClIN3O. The molecule has 0 radical (unpaired) electrons. The van der Waals surface area contributed by atoms with Crippen LogP contribution >= 0.6 is 35.6 Å². The zero-order chi connectivity index (χ0) is 14.2. The third-order valence-corrected chi connectivity index (χ3v) is 3.41. The van der Waals surface area contributed by atoms with Crippen molar-refractivity contribution in [1.82, 2.24) is 10.6 Å². The van der Waals surface area contributed by atoms with Crippen molar-refractivity contribution in [2.24, 2.45) is 4.99 Å². The zero-order valence-electron chi connectivity index (χ0n) is 12.3. The molecule has 0 spiro atoms. The van der Waals surface area contributed by atoms with Gasteiger partial charge in [-0.15, -0.1) is 24.0 Å². The van der Waals surface area contributed by atoms with Gasteiger partial charge in [0.2, 0.25) is 0 Å². The first-order valence-electron chi connectivity index (χ1n) is 7.16. The van der Waals surface area contributed by atoms with Crippen LogP contribution in [0.2, 0.25) is 5.02 Å². The summed E-state index contributed by atoms with van der Waals surface area (Å²) in [5.41, 5.74) is 1.10. The molecule has 0 bridgehead atoms. The Morgan fingerprint density at radius 3 is 2.95 bits per heavy atom. The van der Waals surface area contributed by atoms with Crippen molar-refractivity contribution in [2.45, 2.75) is 32.4 Å². The van der Waals surface area contributed by atoms with Crippen LogP contribution in [0.4, 0.5) is 0 Å². The van der Waals surface area contributed by atoms with Gasteiger partial charge in [0.25, 0.3) is 0 Å². The molecule has 1 atom stereocenters. The highest BCUT2D eigenvalue weighted by atomic mass is 127. The molecule has 1 aliphatic rings. The fourth-order valence-corrected chi connectivity index (χ4v) is 2.38. The summed E-state index contributed by atoms with van der Waals surface area (Å²) in [6.07, 6.45) is 2.59. The number of aliphatic imine (C=N–C) groups is 1. The molecule has 0 aromatic heterocycles. The molecule has 0 saturated carbocycles. The lowest BCUT2D eigenvalue weighted by molar-refractivity contribution is 0.114. The number of nitrogens with one attached hydrogen (secondary N) is 2. The Hall–Kier alpha value is -0.530. The van der Waals surface area contributed by atoms with Crippen LogP contribution in [-0.4, -0.2) is 31.8 Å². The highest BCUT2D eigenvalue weighted by Crippen LogP contribution is 2.12. The summed E-state index contributed by atoms with van der Waals surface area (Å²) < 4.78 is 5.60. The van der Waals surface area contributed by atoms with Gasteiger partial charge < -0.3 is 15.4 Å². The van der Waals surface area contributed by atoms with Gasteiger partial charge >= 0.3 is 0 Å². The van der Waals surface area contributed by atoms with Crippen molar-refractivity contribution in [3.8, 4) is 0 Å². The quantitative estimate of drug-likeness (QED) is 0.434. The predicted molar refractivity (Wildman–Crippen MR) is 98.7 cm³/mol. The number of rotatable bonds is 5. The topological polar surface area (TPSA) is 45.7 Å². The van der Waals surface area contributed by atoms with Crippen LogP contribution < -0.4 is 10.6 Å². The van der Waals surface area contributed by atoms with Crippen molar-refractivity contribution < 1.29 is 4.74 Å². The van der Waals surface area contributed by atoms with E-state index in [0.717, 1.165) is 49.1 Å². The smallest absolute Gasteiger partial charge is 0.191 e. The van der Waals surface area contributed by atoms with Crippen molar-refractivity contribution in [3.05, 3.63) is 34.9 Å². The monoisotopic (exact) mass is 423 g/mol. The van der Waals surface area contributed by atoms with E-state index in [1.807, 2.05) is 24.3 Å². The number of hydrogen-bond acceptors (Lipinski definition) is 2. The Bertz CT molecular complexity index is 450. The molecule has 1 aromatic rings. The molecule has 4 nitrogen and oxygen atoms in total. The van der Waals surface area contributed by atoms with E-state index in [1.54, 1.807) is 0 Å². The van der Waals surface area contributed by atoms with E-state index in [-0.39, 0.29) is 24.0 Å². The van der Waals surface area contributed by atoms with Crippen LogP contribution in [0, 0.1) is 0 Å². The molecular weight excluding hydrogens is 401 g/mol. The van der Waals surface area contributed by atoms with Gasteiger partial charge in [-0.25, -0.2) is 4.99 Å². The van der Waals surface area contributed by atoms with E-state index in [4.69, 9.17) is 16.3 Å². The predicted octanol–water partition coefficient (Wildman–Crippen LogP) is 3.19. The van der Waals surface area contributed by atoms with Gasteiger partial charge in [-0.1, -0.05) is 23.7 Å². The number of benzene rings is 1. The SMILES string of the molecule is CCNC(=NCc1cccc(Cl)c1)NCC1CCCO1.I. The molecule has 118 valence electrons. The molecule has 1 heterocycles. The number of ether oxygens (including phenoxy) is 1. The molecule has 1 fully saturated rings. The van der Waals surface area contributed by atoms with Crippen LogP contribution in [0.3, 0.4) is 0 Å². The van der Waals surface area contributed by atoms with Crippen LogP contribution in [-0.2, 0) is 11.3 Å². The molecule has 2 rings (SSSR count). The lowest BCUT2D eigenvalue weighted by Crippen LogP contribution is -2.41. The Kier molecular flexibility index (Phi) is 9.03. The van der Waals surface area contributed by atoms with E-state index in [2.05, 4.69) is 22.5 Å². The van der Waals surface area contributed by atoms with E-state index in [9.17, 15) is 0 Å². The maximum Gasteiger partial charge on any atom is 0.191 e. The number of guanidine groups is 1. The second-order valence-corrected chi connectivity index (χ2v) is 5.28. The fourth-order valence-electron chi connectivity index (χ4n) is 2.16. The van der Waals surface area contributed by atoms with Crippen molar-refractivity contribution in [2.75, 3.05) is 19.7 Å². The molecule has 6 heteroatoms. The largest absolute Gasteiger partial charge is 0.376 e. The van der Waals surface area contributed by atoms with E-state index >= 15 is 0 Å². The minimum Gasteiger partial charge on any atom is -0.376 e. The standard InChI is InChI=1S/C15H22ClN3O.HI/c1-2-17-15(19-11-14-7-4-8-20-14)18-10-12-5-3-6-13(16)9-12;/h3,5-6,9,14H,2,4,7-8,10-11H2,1H3,(H2,17,18,19);1H. The van der Waals surface area contributed by atoms with Gasteiger partial charge in [0, 0.05) is 24.7 Å². The van der Waals surface area contributed by atoms with E-state index in [0.29, 0.717) is 12.6 Å². The molecule has 0 amide bonds. The first kappa shape index (κ1) is 18.5. The number of nitrogens with zero attached hydrogens (tertiary/aromatic N) is 1. The highest BCUT2D eigenvalue weighted by Gasteiger charge is 2.15. The number of hydrogen-bond donors (Lipinski definition) is 2. The third kappa shape index (κ3) is 6.84. The minimum absolute atomic E-state index is 0. The normalized spacial score (nSPS) is 18.2. The summed E-state index contributed by atoms with van der Waals surface area (Å²) in [6, 6.07) is 7.78. The summed E-state index contributed by atoms with van der Waals surface area (Å²) in [4.78, 5) is 4.57. The van der Waals surface area contributed by atoms with E-state index in [1.165, 1.54) is 0 Å². The molecule has 1 unspecified atom stereocenters. The average molecular weight is 424 g/mol. The van der Waals surface area contributed by atoms with Crippen molar-refractivity contribution >= 4 is 41.5 Å². The molecule has 2 N–H and O–H groups in total. The Labute approximate surface area is 148 Å². The van der Waals surface area contributed by atoms with Gasteiger partial charge in [-0.3, -0.25) is 0 Å². The van der Waals surface area contributed by atoms with Gasteiger partial charge in [-0.2, -0.15) is 0 Å². The van der Waals surface area contributed by atoms with Gasteiger partial charge in [0.15, 0.2) is 5.96 Å². The number of halogens is 2. The minimum atomic E-state index is 0. The molecule has 0 aliphatic carbocycles. The second kappa shape index (κ2) is 10.2. The van der Waals surface area contributed by atoms with E-state index < -0.39 is 0 Å². The second-order valence-electron chi connectivity index (χ2n) is 4.84. The average Bonchev–Trinajstić information content (AvgIpc) is 2.95. The highest BCUT2D eigenvalue weighted by molar-refractivity contribution is 14.0. The van der Waals surface area contributed by atoms with Gasteiger partial charge in [-0.05, 0) is 37.5 Å². The summed E-state index contributed by atoms with van der Waals surface area (Å²) in [5, 5.41) is 7.32. The van der Waals surface area contributed by atoms with Gasteiger partial charge in [0.1, 0.15) is 0 Å². The maximum atomic E-state index is 5.97. The summed E-state index contributed by atoms with van der Waals surface area (Å²) in [6.45, 7) is 5.20. The first-order chi connectivity index (χ1) is 9.78. The Morgan fingerprint density at radius 2 is 2.29 bits per heavy atom. The molecule has 1 aromatic carbocycles. The summed E-state index contributed by atoms with van der Waals surface area (Å²) >= 11 is 5.97. The lowest BCUT2D eigenvalue weighted by atomic mass is 10.2. The third-order valence-electron chi connectivity index (χ3n) is 3.17. The van der Waals surface area contributed by atoms with Crippen LogP contribution in [0.5, 0.6) is 0 Å². The Balaban J connectivity index is 0.00000220. The van der Waals surface area contributed by atoms with Crippen molar-refractivity contribution in [1.29, 1.82) is 0 Å². The van der Waals surface area contributed by atoms with Crippen LogP contribution in [0.15, 0.2) is 29.3 Å². The van der Waals surface area contributed by atoms with Gasteiger partial charge in [0.05, 0.1) is 12.6 Å². The summed E-state index contributed by atoms with van der Waals surface area (Å²) in [5.74, 6) is 0.822. The zero-order valence-corrected chi connectivity index (χ0v) is 15.4.